The van der Waals surface area contributed by atoms with E-state index in [4.69, 9.17) is 4.74 Å². The smallest absolute Gasteiger partial charge is 0.242 e. The van der Waals surface area contributed by atoms with Gasteiger partial charge in [-0.05, 0) is 41.1 Å². The summed E-state index contributed by atoms with van der Waals surface area (Å²) in [5.41, 5.74) is 1.92. The number of amides is 2. The molecular weight excluding hydrogens is 439 g/mol. The molecule has 2 aromatic carbocycles. The lowest BCUT2D eigenvalue weighted by molar-refractivity contribution is -0.141. The van der Waals surface area contributed by atoms with Crippen LogP contribution in [0.2, 0.25) is 0 Å². The fourth-order valence-corrected chi connectivity index (χ4v) is 4.16. The number of aryl methyl sites for hydroxylation is 1. The first-order valence-corrected chi connectivity index (χ1v) is 11.8. The van der Waals surface area contributed by atoms with E-state index in [2.05, 4.69) is 0 Å². The number of thiophene rings is 1. The maximum absolute atomic E-state index is 13.3. The Morgan fingerprint density at radius 3 is 2.30 bits per heavy atom. The van der Waals surface area contributed by atoms with E-state index in [1.165, 1.54) is 12.1 Å². The summed E-state index contributed by atoms with van der Waals surface area (Å²) in [5, 5.41) is 1.97. The molecule has 0 aliphatic rings. The van der Waals surface area contributed by atoms with Crippen LogP contribution in [0.15, 0.2) is 72.1 Å². The fourth-order valence-electron chi connectivity index (χ4n) is 3.44. The van der Waals surface area contributed by atoms with Crippen molar-refractivity contribution < 1.29 is 18.7 Å². The first-order valence-electron chi connectivity index (χ1n) is 10.9. The highest BCUT2D eigenvalue weighted by molar-refractivity contribution is 7.09. The first-order chi connectivity index (χ1) is 16.0. The van der Waals surface area contributed by atoms with Crippen LogP contribution in [0.5, 0.6) is 0 Å². The Labute approximate surface area is 198 Å². The first kappa shape index (κ1) is 24.6. The molecule has 0 N–H and O–H groups in total. The van der Waals surface area contributed by atoms with E-state index in [9.17, 15) is 14.0 Å². The summed E-state index contributed by atoms with van der Waals surface area (Å²) in [7, 11) is 1.58. The average Bonchev–Trinajstić information content (AvgIpc) is 3.35. The van der Waals surface area contributed by atoms with E-state index < -0.39 is 0 Å². The van der Waals surface area contributed by atoms with Gasteiger partial charge in [-0.2, -0.15) is 0 Å². The molecule has 0 saturated carbocycles. The van der Waals surface area contributed by atoms with Gasteiger partial charge >= 0.3 is 0 Å². The van der Waals surface area contributed by atoms with Crippen LogP contribution in [0.3, 0.4) is 0 Å². The largest absolute Gasteiger partial charge is 0.383 e. The molecule has 0 aliphatic heterocycles. The molecule has 0 aliphatic carbocycles. The van der Waals surface area contributed by atoms with Gasteiger partial charge in [-0.1, -0.05) is 48.5 Å². The molecule has 2 amide bonds. The Balaban J connectivity index is 1.69. The molecule has 5 nitrogen and oxygen atoms in total. The van der Waals surface area contributed by atoms with E-state index in [1.807, 2.05) is 47.8 Å². The number of rotatable bonds is 12. The predicted octanol–water partition coefficient (Wildman–Crippen LogP) is 4.52. The van der Waals surface area contributed by atoms with Crippen molar-refractivity contribution in [2.45, 2.75) is 25.9 Å². The van der Waals surface area contributed by atoms with Crippen molar-refractivity contribution >= 4 is 23.2 Å². The molecule has 0 saturated heterocycles. The highest BCUT2D eigenvalue weighted by Gasteiger charge is 2.22. The Morgan fingerprint density at radius 1 is 0.879 bits per heavy atom. The number of benzene rings is 2. The van der Waals surface area contributed by atoms with Crippen molar-refractivity contribution in [2.24, 2.45) is 0 Å². The highest BCUT2D eigenvalue weighted by Crippen LogP contribution is 2.16. The van der Waals surface area contributed by atoms with Crippen LogP contribution in [0.25, 0.3) is 0 Å². The van der Waals surface area contributed by atoms with Crippen LogP contribution in [0.1, 0.15) is 22.4 Å². The highest BCUT2D eigenvalue weighted by atomic mass is 32.1. The Bertz CT molecular complexity index is 994. The molecule has 0 atom stereocenters. The number of nitrogens with zero attached hydrogens (tertiary/aromatic N) is 2. The summed E-state index contributed by atoms with van der Waals surface area (Å²) >= 11 is 1.57. The third-order valence-corrected chi connectivity index (χ3v) is 6.14. The maximum Gasteiger partial charge on any atom is 0.242 e. The second kappa shape index (κ2) is 12.9. The number of ether oxygens (including phenoxy) is 1. The van der Waals surface area contributed by atoms with Gasteiger partial charge in [-0.25, -0.2) is 4.39 Å². The molecule has 0 fully saturated rings. The summed E-state index contributed by atoms with van der Waals surface area (Å²) < 4.78 is 18.5. The van der Waals surface area contributed by atoms with E-state index in [-0.39, 0.29) is 24.2 Å². The zero-order chi connectivity index (χ0) is 23.5. The van der Waals surface area contributed by atoms with Crippen LogP contribution < -0.4 is 0 Å². The number of carbonyl (C=O) groups excluding carboxylic acids is 2. The summed E-state index contributed by atoms with van der Waals surface area (Å²) in [4.78, 5) is 30.6. The van der Waals surface area contributed by atoms with Gasteiger partial charge in [-0.15, -0.1) is 11.3 Å². The SMILES string of the molecule is COCCN(CC(=O)N(Cc1ccc(F)cc1)Cc1cccs1)C(=O)CCc1ccccc1. The van der Waals surface area contributed by atoms with Gasteiger partial charge in [0.15, 0.2) is 0 Å². The van der Waals surface area contributed by atoms with E-state index >= 15 is 0 Å². The molecular formula is C26H29FN2O3S. The molecule has 0 spiro atoms. The Kier molecular flexibility index (Phi) is 9.59. The Hall–Kier alpha value is -3.03. The summed E-state index contributed by atoms with van der Waals surface area (Å²) in [6.07, 6.45) is 0.940. The molecule has 1 heterocycles. The quantitative estimate of drug-likeness (QED) is 0.393. The molecule has 1 aromatic heterocycles. The molecule has 174 valence electrons. The molecule has 3 aromatic rings. The standard InChI is InChI=1S/C26H29FN2O3S/c1-32-16-15-28(25(30)14-11-21-6-3-2-4-7-21)20-26(31)29(19-24-8-5-17-33-24)18-22-9-12-23(27)13-10-22/h2-10,12-13,17H,11,14-16,18-20H2,1H3. The molecule has 33 heavy (non-hydrogen) atoms. The van der Waals surface area contributed by atoms with Crippen molar-refractivity contribution in [3.05, 3.63) is 93.9 Å². The van der Waals surface area contributed by atoms with Crippen molar-refractivity contribution in [2.75, 3.05) is 26.8 Å². The van der Waals surface area contributed by atoms with Gasteiger partial charge in [0.05, 0.1) is 19.7 Å². The molecule has 3 rings (SSSR count). The van der Waals surface area contributed by atoms with Crippen LogP contribution in [0, 0.1) is 5.82 Å². The zero-order valence-electron chi connectivity index (χ0n) is 18.8. The lowest BCUT2D eigenvalue weighted by Crippen LogP contribution is -2.43. The molecule has 0 radical (unpaired) electrons. The number of carbonyl (C=O) groups is 2. The minimum absolute atomic E-state index is 0.0243. The van der Waals surface area contributed by atoms with Crippen LogP contribution in [0.4, 0.5) is 4.39 Å². The van der Waals surface area contributed by atoms with Crippen LogP contribution in [-0.4, -0.2) is 48.4 Å². The molecule has 0 bridgehead atoms. The third-order valence-electron chi connectivity index (χ3n) is 5.28. The second-order valence-corrected chi connectivity index (χ2v) is 8.78. The van der Waals surface area contributed by atoms with Gasteiger partial charge in [0.1, 0.15) is 5.82 Å². The number of halogens is 1. The van der Waals surface area contributed by atoms with Crippen LogP contribution in [-0.2, 0) is 33.8 Å². The van der Waals surface area contributed by atoms with Crippen molar-refractivity contribution in [1.82, 2.24) is 9.80 Å². The second-order valence-electron chi connectivity index (χ2n) is 7.75. The minimum Gasteiger partial charge on any atom is -0.383 e. The Morgan fingerprint density at radius 2 is 1.64 bits per heavy atom. The van der Waals surface area contributed by atoms with Crippen molar-refractivity contribution in [3.63, 3.8) is 0 Å². The zero-order valence-corrected chi connectivity index (χ0v) is 19.6. The molecule has 7 heteroatoms. The van der Waals surface area contributed by atoms with E-state index in [0.29, 0.717) is 39.1 Å². The fraction of sp³-hybridized carbons (Fsp3) is 0.308. The van der Waals surface area contributed by atoms with Crippen molar-refractivity contribution in [1.29, 1.82) is 0 Å². The van der Waals surface area contributed by atoms with Gasteiger partial charge in [-0.3, -0.25) is 9.59 Å². The number of hydrogen-bond donors (Lipinski definition) is 0. The van der Waals surface area contributed by atoms with Gasteiger partial charge in [0.25, 0.3) is 0 Å². The average molecular weight is 469 g/mol. The summed E-state index contributed by atoms with van der Waals surface area (Å²) in [6, 6.07) is 19.9. The van der Waals surface area contributed by atoms with Gasteiger partial charge in [0.2, 0.25) is 11.8 Å². The number of hydrogen-bond acceptors (Lipinski definition) is 4. The number of methoxy groups -OCH3 is 1. The lowest BCUT2D eigenvalue weighted by Gasteiger charge is -2.27. The van der Waals surface area contributed by atoms with E-state index in [0.717, 1.165) is 16.0 Å². The topological polar surface area (TPSA) is 49.9 Å². The van der Waals surface area contributed by atoms with Gasteiger partial charge in [0, 0.05) is 31.5 Å². The van der Waals surface area contributed by atoms with Crippen LogP contribution >= 0.6 is 11.3 Å². The van der Waals surface area contributed by atoms with Crippen molar-refractivity contribution in [3.8, 4) is 0 Å². The lowest BCUT2D eigenvalue weighted by atomic mass is 10.1. The normalized spacial score (nSPS) is 10.7. The minimum atomic E-state index is -0.315. The predicted molar refractivity (Wildman–Crippen MR) is 128 cm³/mol. The monoisotopic (exact) mass is 468 g/mol. The molecule has 0 unspecified atom stereocenters. The summed E-state index contributed by atoms with van der Waals surface area (Å²) in [5.74, 6) is -0.552. The summed E-state index contributed by atoms with van der Waals surface area (Å²) in [6.45, 7) is 1.45. The maximum atomic E-state index is 13.3. The van der Waals surface area contributed by atoms with E-state index in [1.54, 1.807) is 40.4 Å². The third kappa shape index (κ3) is 8.11. The van der Waals surface area contributed by atoms with Gasteiger partial charge < -0.3 is 14.5 Å².